The first-order valence-electron chi connectivity index (χ1n) is 6.46. The third kappa shape index (κ3) is 4.16. The van der Waals surface area contributed by atoms with Gasteiger partial charge in [0.05, 0.1) is 12.6 Å². The van der Waals surface area contributed by atoms with Crippen molar-refractivity contribution in [2.75, 3.05) is 0 Å². The molecule has 0 aromatic heterocycles. The van der Waals surface area contributed by atoms with Crippen LogP contribution in [-0.2, 0) is 11.4 Å². The van der Waals surface area contributed by atoms with Crippen LogP contribution in [-0.4, -0.2) is 0 Å². The van der Waals surface area contributed by atoms with E-state index in [0.29, 0.717) is 6.61 Å². The van der Waals surface area contributed by atoms with Crippen LogP contribution in [0.1, 0.15) is 30.5 Å². The Morgan fingerprint density at radius 3 is 2.58 bits per heavy atom. The van der Waals surface area contributed by atoms with Gasteiger partial charge in [-0.25, -0.2) is 4.39 Å². The zero-order valence-electron chi connectivity index (χ0n) is 11.0. The molecule has 3 heteroatoms. The predicted octanol–water partition coefficient (Wildman–Crippen LogP) is 4.00. The topological polar surface area (TPSA) is 21.3 Å². The molecule has 2 aromatic carbocycles. The highest BCUT2D eigenvalue weighted by atomic mass is 19.1. The van der Waals surface area contributed by atoms with Gasteiger partial charge in [-0.05, 0) is 29.7 Å². The highest BCUT2D eigenvalue weighted by Gasteiger charge is 2.09. The lowest BCUT2D eigenvalue weighted by molar-refractivity contribution is 0.00198. The number of benzene rings is 2. The highest BCUT2D eigenvalue weighted by molar-refractivity contribution is 5.19. The first-order chi connectivity index (χ1) is 9.29. The second-order valence-corrected chi connectivity index (χ2v) is 4.41. The quantitative estimate of drug-likeness (QED) is 0.792. The van der Waals surface area contributed by atoms with Gasteiger partial charge in [-0.1, -0.05) is 49.4 Å². The molecule has 2 rings (SSSR count). The lowest BCUT2D eigenvalue weighted by Crippen LogP contribution is -2.21. The molecule has 0 heterocycles. The summed E-state index contributed by atoms with van der Waals surface area (Å²) in [5.41, 5.74) is 4.99. The van der Waals surface area contributed by atoms with E-state index in [9.17, 15) is 4.39 Å². The first-order valence-corrected chi connectivity index (χ1v) is 6.46. The molecule has 0 spiro atoms. The lowest BCUT2D eigenvalue weighted by Gasteiger charge is -2.17. The van der Waals surface area contributed by atoms with E-state index in [2.05, 4.69) is 5.48 Å². The van der Waals surface area contributed by atoms with Crippen molar-refractivity contribution in [3.8, 4) is 0 Å². The largest absolute Gasteiger partial charge is 0.296 e. The molecular weight excluding hydrogens is 241 g/mol. The van der Waals surface area contributed by atoms with E-state index >= 15 is 0 Å². The molecular formula is C16H18FNO. The van der Waals surface area contributed by atoms with Crippen molar-refractivity contribution in [2.24, 2.45) is 0 Å². The van der Waals surface area contributed by atoms with Crippen LogP contribution in [0.15, 0.2) is 54.6 Å². The molecule has 2 aromatic rings. The zero-order valence-corrected chi connectivity index (χ0v) is 11.0. The molecule has 0 aliphatic heterocycles. The van der Waals surface area contributed by atoms with Gasteiger partial charge in [-0.2, -0.15) is 5.48 Å². The predicted molar refractivity (Wildman–Crippen MR) is 73.8 cm³/mol. The Morgan fingerprint density at radius 1 is 1.11 bits per heavy atom. The lowest BCUT2D eigenvalue weighted by atomic mass is 10.1. The Balaban J connectivity index is 1.89. The molecule has 0 radical (unpaired) electrons. The smallest absolute Gasteiger partial charge is 0.123 e. The highest BCUT2D eigenvalue weighted by Crippen LogP contribution is 2.17. The van der Waals surface area contributed by atoms with Gasteiger partial charge in [0.15, 0.2) is 0 Å². The van der Waals surface area contributed by atoms with Crippen molar-refractivity contribution >= 4 is 0 Å². The normalized spacial score (nSPS) is 12.3. The van der Waals surface area contributed by atoms with Crippen LogP contribution in [0.4, 0.5) is 4.39 Å². The van der Waals surface area contributed by atoms with Crippen molar-refractivity contribution in [3.63, 3.8) is 0 Å². The minimum atomic E-state index is -0.221. The summed E-state index contributed by atoms with van der Waals surface area (Å²) in [6, 6.07) is 16.5. The molecule has 19 heavy (non-hydrogen) atoms. The Hall–Kier alpha value is -1.71. The van der Waals surface area contributed by atoms with Crippen molar-refractivity contribution in [1.29, 1.82) is 0 Å². The Kier molecular flexibility index (Phi) is 5.07. The van der Waals surface area contributed by atoms with Crippen LogP contribution in [0.3, 0.4) is 0 Å². The third-order valence-corrected chi connectivity index (χ3v) is 2.97. The Bertz CT molecular complexity index is 501. The molecule has 0 aliphatic carbocycles. The average Bonchev–Trinajstić information content (AvgIpc) is 2.45. The van der Waals surface area contributed by atoms with E-state index in [1.54, 1.807) is 6.07 Å². The zero-order chi connectivity index (χ0) is 13.5. The summed E-state index contributed by atoms with van der Waals surface area (Å²) in [4.78, 5) is 5.49. The second kappa shape index (κ2) is 7.02. The van der Waals surface area contributed by atoms with Gasteiger partial charge in [0.25, 0.3) is 0 Å². The fourth-order valence-electron chi connectivity index (χ4n) is 1.91. The van der Waals surface area contributed by atoms with Gasteiger partial charge in [-0.3, -0.25) is 4.84 Å². The Labute approximate surface area is 113 Å². The van der Waals surface area contributed by atoms with Gasteiger partial charge >= 0.3 is 0 Å². The summed E-state index contributed by atoms with van der Waals surface area (Å²) >= 11 is 0. The van der Waals surface area contributed by atoms with Crippen molar-refractivity contribution < 1.29 is 9.23 Å². The fourth-order valence-corrected chi connectivity index (χ4v) is 1.91. The standard InChI is InChI=1S/C16H18FNO/c1-2-16(14-9-6-10-15(17)11-14)18-19-12-13-7-4-3-5-8-13/h3-11,16,18H,2,12H2,1H3. The van der Waals surface area contributed by atoms with Gasteiger partial charge in [0, 0.05) is 0 Å². The van der Waals surface area contributed by atoms with Crippen LogP contribution in [0.2, 0.25) is 0 Å². The molecule has 0 fully saturated rings. The molecule has 1 N–H and O–H groups in total. The number of nitrogens with one attached hydrogen (secondary N) is 1. The number of halogens is 1. The molecule has 0 amide bonds. The van der Waals surface area contributed by atoms with Gasteiger partial charge in [0.1, 0.15) is 5.82 Å². The SMILES string of the molecule is CCC(NOCc1ccccc1)c1cccc(F)c1. The molecule has 0 saturated heterocycles. The maximum atomic E-state index is 13.2. The molecule has 1 atom stereocenters. The van der Waals surface area contributed by atoms with Gasteiger partial charge in [0.2, 0.25) is 0 Å². The van der Waals surface area contributed by atoms with E-state index in [4.69, 9.17) is 4.84 Å². The third-order valence-electron chi connectivity index (χ3n) is 2.97. The minimum absolute atomic E-state index is 0.000544. The van der Waals surface area contributed by atoms with Gasteiger partial charge < -0.3 is 0 Å². The summed E-state index contributed by atoms with van der Waals surface area (Å²) in [7, 11) is 0. The average molecular weight is 259 g/mol. The number of hydrogen-bond donors (Lipinski definition) is 1. The van der Waals surface area contributed by atoms with Crippen LogP contribution >= 0.6 is 0 Å². The Morgan fingerprint density at radius 2 is 1.89 bits per heavy atom. The van der Waals surface area contributed by atoms with E-state index in [0.717, 1.165) is 17.5 Å². The van der Waals surface area contributed by atoms with Crippen LogP contribution in [0.5, 0.6) is 0 Å². The molecule has 0 saturated carbocycles. The number of hydrogen-bond acceptors (Lipinski definition) is 2. The molecule has 0 bridgehead atoms. The monoisotopic (exact) mass is 259 g/mol. The maximum absolute atomic E-state index is 13.2. The molecule has 2 nitrogen and oxygen atoms in total. The second-order valence-electron chi connectivity index (χ2n) is 4.41. The molecule has 100 valence electrons. The number of rotatable bonds is 6. The van der Waals surface area contributed by atoms with Crippen molar-refractivity contribution in [1.82, 2.24) is 5.48 Å². The van der Waals surface area contributed by atoms with Crippen molar-refractivity contribution in [3.05, 3.63) is 71.5 Å². The minimum Gasteiger partial charge on any atom is -0.296 e. The van der Waals surface area contributed by atoms with Crippen LogP contribution < -0.4 is 5.48 Å². The van der Waals surface area contributed by atoms with Crippen LogP contribution in [0.25, 0.3) is 0 Å². The van der Waals surface area contributed by atoms with E-state index < -0.39 is 0 Å². The summed E-state index contributed by atoms with van der Waals surface area (Å²) in [6.07, 6.45) is 0.832. The molecule has 0 aliphatic rings. The summed E-state index contributed by atoms with van der Waals surface area (Å²) in [6.45, 7) is 2.53. The maximum Gasteiger partial charge on any atom is 0.123 e. The van der Waals surface area contributed by atoms with E-state index in [-0.39, 0.29) is 11.9 Å². The van der Waals surface area contributed by atoms with Gasteiger partial charge in [-0.15, -0.1) is 0 Å². The summed E-state index contributed by atoms with van der Waals surface area (Å²) in [5.74, 6) is -0.221. The van der Waals surface area contributed by atoms with Crippen molar-refractivity contribution in [2.45, 2.75) is 26.0 Å². The summed E-state index contributed by atoms with van der Waals surface area (Å²) in [5, 5.41) is 0. The summed E-state index contributed by atoms with van der Waals surface area (Å²) < 4.78 is 13.2. The molecule has 1 unspecified atom stereocenters. The van der Waals surface area contributed by atoms with E-state index in [1.807, 2.05) is 43.3 Å². The number of hydroxylamine groups is 1. The fraction of sp³-hybridized carbons (Fsp3) is 0.250. The first kappa shape index (κ1) is 13.7. The van der Waals surface area contributed by atoms with Crippen LogP contribution in [0, 0.1) is 5.82 Å². The van der Waals surface area contributed by atoms with E-state index in [1.165, 1.54) is 12.1 Å².